The van der Waals surface area contributed by atoms with Gasteiger partial charge in [0.1, 0.15) is 0 Å². The van der Waals surface area contributed by atoms with Crippen molar-refractivity contribution >= 4 is 27.5 Å². The molecule has 0 bridgehead atoms. The Balaban J connectivity index is 1.83. The second kappa shape index (κ2) is 5.73. The second-order valence-corrected chi connectivity index (χ2v) is 6.59. The topological polar surface area (TPSA) is 12.0 Å². The van der Waals surface area contributed by atoms with E-state index >= 15 is 0 Å². The van der Waals surface area contributed by atoms with Gasteiger partial charge in [-0.2, -0.15) is 0 Å². The predicted octanol–water partition coefficient (Wildman–Crippen LogP) is 4.45. The molecule has 2 atom stereocenters. The zero-order valence-corrected chi connectivity index (χ0v) is 12.7. The average Bonchev–Trinajstić information content (AvgIpc) is 3.01. The molecule has 1 aliphatic rings. The molecule has 0 aromatic heterocycles. The largest absolute Gasteiger partial charge is 0.316 e. The van der Waals surface area contributed by atoms with Crippen molar-refractivity contribution in [2.45, 2.75) is 26.2 Å². The van der Waals surface area contributed by atoms with Gasteiger partial charge in [-0.15, -0.1) is 0 Å². The van der Waals surface area contributed by atoms with Crippen molar-refractivity contribution in [2.24, 2.45) is 11.8 Å². The molecule has 0 spiro atoms. The molecular weight excluding hydrogens is 298 g/mol. The first-order valence-electron chi connectivity index (χ1n) is 6.23. The van der Waals surface area contributed by atoms with Crippen molar-refractivity contribution in [3.63, 3.8) is 0 Å². The monoisotopic (exact) mass is 315 g/mol. The van der Waals surface area contributed by atoms with Crippen molar-refractivity contribution in [3.05, 3.63) is 33.3 Å². The lowest BCUT2D eigenvalue weighted by atomic mass is 10.1. The van der Waals surface area contributed by atoms with Crippen LogP contribution in [0.5, 0.6) is 0 Å². The van der Waals surface area contributed by atoms with Crippen LogP contribution >= 0.6 is 27.5 Å². The number of hydrogen-bond acceptors (Lipinski definition) is 1. The molecule has 0 radical (unpaired) electrons. The summed E-state index contributed by atoms with van der Waals surface area (Å²) in [6.45, 7) is 6.75. The SMILES string of the molecule is CC(C)CNCC1CC1c1ccc(Cl)c(Br)c1. The molecule has 0 heterocycles. The van der Waals surface area contributed by atoms with Crippen LogP contribution in [0.15, 0.2) is 22.7 Å². The lowest BCUT2D eigenvalue weighted by Crippen LogP contribution is -2.22. The number of benzene rings is 1. The van der Waals surface area contributed by atoms with E-state index < -0.39 is 0 Å². The van der Waals surface area contributed by atoms with Crippen LogP contribution < -0.4 is 5.32 Å². The standard InChI is InChI=1S/C14H19BrClN/c1-9(2)7-17-8-11-5-12(11)10-3-4-14(16)13(15)6-10/h3-4,6,9,11-12,17H,5,7-8H2,1-2H3. The lowest BCUT2D eigenvalue weighted by molar-refractivity contribution is 0.532. The van der Waals surface area contributed by atoms with Gasteiger partial charge in [-0.3, -0.25) is 0 Å². The Labute approximate surface area is 117 Å². The summed E-state index contributed by atoms with van der Waals surface area (Å²) < 4.78 is 1.01. The summed E-state index contributed by atoms with van der Waals surface area (Å²) in [5.41, 5.74) is 1.41. The van der Waals surface area contributed by atoms with Crippen LogP contribution in [-0.4, -0.2) is 13.1 Å². The Bertz CT molecular complexity index is 392. The molecule has 2 rings (SSSR count). The summed E-state index contributed by atoms with van der Waals surface area (Å²) in [6.07, 6.45) is 1.30. The first-order chi connectivity index (χ1) is 8.08. The van der Waals surface area contributed by atoms with Gasteiger partial charge >= 0.3 is 0 Å². The highest BCUT2D eigenvalue weighted by molar-refractivity contribution is 9.10. The molecule has 94 valence electrons. The summed E-state index contributed by atoms with van der Waals surface area (Å²) in [4.78, 5) is 0. The van der Waals surface area contributed by atoms with Gasteiger partial charge < -0.3 is 5.32 Å². The molecule has 1 nitrogen and oxygen atoms in total. The minimum Gasteiger partial charge on any atom is -0.316 e. The molecule has 1 aliphatic carbocycles. The van der Waals surface area contributed by atoms with E-state index in [0.29, 0.717) is 0 Å². The van der Waals surface area contributed by atoms with E-state index in [0.717, 1.165) is 40.3 Å². The van der Waals surface area contributed by atoms with E-state index in [2.05, 4.69) is 47.2 Å². The van der Waals surface area contributed by atoms with Gasteiger partial charge in [-0.05, 0) is 70.9 Å². The van der Waals surface area contributed by atoms with Gasteiger partial charge in [0, 0.05) is 4.47 Å². The normalized spacial score (nSPS) is 23.1. The Morgan fingerprint density at radius 3 is 2.88 bits per heavy atom. The Hall–Kier alpha value is -0.0500. The highest BCUT2D eigenvalue weighted by atomic mass is 79.9. The Morgan fingerprint density at radius 1 is 1.47 bits per heavy atom. The predicted molar refractivity (Wildman–Crippen MR) is 77.7 cm³/mol. The molecule has 3 heteroatoms. The van der Waals surface area contributed by atoms with Crippen LogP contribution in [0.25, 0.3) is 0 Å². The van der Waals surface area contributed by atoms with Gasteiger partial charge in [0.15, 0.2) is 0 Å². The molecule has 0 aliphatic heterocycles. The van der Waals surface area contributed by atoms with Gasteiger partial charge in [-0.25, -0.2) is 0 Å². The molecule has 0 saturated heterocycles. The number of hydrogen-bond donors (Lipinski definition) is 1. The maximum Gasteiger partial charge on any atom is 0.0548 e. The summed E-state index contributed by atoms with van der Waals surface area (Å²) in [5, 5.41) is 4.33. The van der Waals surface area contributed by atoms with Crippen molar-refractivity contribution in [2.75, 3.05) is 13.1 Å². The first kappa shape index (κ1) is 13.4. The van der Waals surface area contributed by atoms with Gasteiger partial charge in [0.2, 0.25) is 0 Å². The first-order valence-corrected chi connectivity index (χ1v) is 7.40. The van der Waals surface area contributed by atoms with Gasteiger partial charge in [0.25, 0.3) is 0 Å². The van der Waals surface area contributed by atoms with Crippen LogP contribution in [0.1, 0.15) is 31.7 Å². The fourth-order valence-electron chi connectivity index (χ4n) is 2.18. The molecule has 1 fully saturated rings. The smallest absolute Gasteiger partial charge is 0.0548 e. The summed E-state index contributed by atoms with van der Waals surface area (Å²) in [5.74, 6) is 2.27. The molecule has 1 aromatic rings. The highest BCUT2D eigenvalue weighted by Gasteiger charge is 2.37. The molecule has 1 N–H and O–H groups in total. The van der Waals surface area contributed by atoms with Crippen molar-refractivity contribution in [1.29, 1.82) is 0 Å². The van der Waals surface area contributed by atoms with Crippen LogP contribution in [0.4, 0.5) is 0 Å². The third-order valence-electron chi connectivity index (χ3n) is 3.25. The maximum absolute atomic E-state index is 6.00. The Morgan fingerprint density at radius 2 is 2.24 bits per heavy atom. The van der Waals surface area contributed by atoms with Crippen molar-refractivity contribution in [1.82, 2.24) is 5.32 Å². The van der Waals surface area contributed by atoms with Gasteiger partial charge in [0.05, 0.1) is 5.02 Å². The molecule has 1 aromatic carbocycles. The zero-order chi connectivity index (χ0) is 12.4. The van der Waals surface area contributed by atoms with Crippen LogP contribution in [0.3, 0.4) is 0 Å². The lowest BCUT2D eigenvalue weighted by Gasteiger charge is -2.07. The van der Waals surface area contributed by atoms with E-state index in [4.69, 9.17) is 11.6 Å². The molecule has 17 heavy (non-hydrogen) atoms. The molecule has 0 amide bonds. The second-order valence-electron chi connectivity index (χ2n) is 5.33. The minimum absolute atomic E-state index is 0.725. The zero-order valence-electron chi connectivity index (χ0n) is 10.3. The third kappa shape index (κ3) is 3.70. The summed E-state index contributed by atoms with van der Waals surface area (Å²) >= 11 is 9.49. The average molecular weight is 317 g/mol. The maximum atomic E-state index is 6.00. The molecule has 2 unspecified atom stereocenters. The Kier molecular flexibility index (Phi) is 4.51. The van der Waals surface area contributed by atoms with E-state index in [1.165, 1.54) is 12.0 Å². The number of nitrogens with one attached hydrogen (secondary N) is 1. The van der Waals surface area contributed by atoms with Gasteiger partial charge in [-0.1, -0.05) is 31.5 Å². The van der Waals surface area contributed by atoms with Crippen LogP contribution in [0, 0.1) is 11.8 Å². The fourth-order valence-corrected chi connectivity index (χ4v) is 2.70. The highest BCUT2D eigenvalue weighted by Crippen LogP contribution is 2.47. The van der Waals surface area contributed by atoms with E-state index in [9.17, 15) is 0 Å². The van der Waals surface area contributed by atoms with E-state index in [1.54, 1.807) is 0 Å². The fraction of sp³-hybridized carbons (Fsp3) is 0.571. The molecule has 1 saturated carbocycles. The molecular formula is C14H19BrClN. The number of halogens is 2. The number of rotatable bonds is 5. The van der Waals surface area contributed by atoms with E-state index in [-0.39, 0.29) is 0 Å². The van der Waals surface area contributed by atoms with Crippen LogP contribution in [0.2, 0.25) is 5.02 Å². The van der Waals surface area contributed by atoms with Crippen LogP contribution in [-0.2, 0) is 0 Å². The van der Waals surface area contributed by atoms with Crippen molar-refractivity contribution in [3.8, 4) is 0 Å². The van der Waals surface area contributed by atoms with E-state index in [1.807, 2.05) is 6.07 Å². The summed E-state index contributed by atoms with van der Waals surface area (Å²) in [7, 11) is 0. The minimum atomic E-state index is 0.725. The summed E-state index contributed by atoms with van der Waals surface area (Å²) in [6, 6.07) is 6.30. The van der Waals surface area contributed by atoms with Crippen molar-refractivity contribution < 1.29 is 0 Å². The third-order valence-corrected chi connectivity index (χ3v) is 4.47. The quantitative estimate of drug-likeness (QED) is 0.846.